The Hall–Kier alpha value is -3.49. The number of aromatic nitrogens is 2. The fraction of sp³-hybridized carbons (Fsp3) is 0.333. The summed E-state index contributed by atoms with van der Waals surface area (Å²) in [4.78, 5) is 22.5. The number of rotatable bonds is 7. The van der Waals surface area contributed by atoms with E-state index in [4.69, 9.17) is 0 Å². The van der Waals surface area contributed by atoms with E-state index >= 15 is 0 Å². The van der Waals surface area contributed by atoms with Crippen LogP contribution in [-0.4, -0.2) is 39.7 Å². The van der Waals surface area contributed by atoms with Crippen molar-refractivity contribution >= 4 is 16.9 Å². The largest absolute Gasteiger partial charge is 0.573 e. The average Bonchev–Trinajstić information content (AvgIpc) is 3.23. The first-order valence-electron chi connectivity index (χ1n) is 10.9. The lowest BCUT2D eigenvalue weighted by atomic mass is 9.98. The highest BCUT2D eigenvalue weighted by Gasteiger charge is 2.31. The number of halogens is 3. The number of benzene rings is 2. The zero-order valence-corrected chi connectivity index (χ0v) is 18.2. The number of hydrogen-bond acceptors (Lipinski definition) is 4. The van der Waals surface area contributed by atoms with Crippen LogP contribution in [0.3, 0.4) is 0 Å². The third-order valence-electron chi connectivity index (χ3n) is 5.61. The molecule has 2 aromatic carbocycles. The summed E-state index contributed by atoms with van der Waals surface area (Å²) in [5.41, 5.74) is 3.42. The first kappa shape index (κ1) is 22.7. The molecule has 3 aromatic rings. The Labute approximate surface area is 189 Å². The molecule has 1 aliphatic rings. The molecule has 4 rings (SSSR count). The van der Waals surface area contributed by atoms with Crippen molar-refractivity contribution in [2.24, 2.45) is 0 Å². The molecule has 1 amide bonds. The number of ether oxygens (including phenoxy) is 1. The molecule has 0 aliphatic heterocycles. The SMILES string of the molecule is CCN(C(=O)c1nc2ccccc2[nH]1)[C@@H]1C=C(NCc2ccc(OC(F)(F)F)cc2)CCC1. The van der Waals surface area contributed by atoms with E-state index in [1.807, 2.05) is 36.1 Å². The third-order valence-corrected chi connectivity index (χ3v) is 5.61. The molecule has 0 fully saturated rings. The number of para-hydroxylation sites is 2. The summed E-state index contributed by atoms with van der Waals surface area (Å²) in [7, 11) is 0. The molecular weight excluding hydrogens is 433 g/mol. The van der Waals surface area contributed by atoms with Gasteiger partial charge in [0, 0.05) is 18.8 Å². The molecule has 0 bridgehead atoms. The van der Waals surface area contributed by atoms with Crippen molar-refractivity contribution in [1.29, 1.82) is 0 Å². The smallest absolute Gasteiger partial charge is 0.406 e. The number of nitrogens with zero attached hydrogens (tertiary/aromatic N) is 2. The molecule has 1 aliphatic carbocycles. The zero-order valence-electron chi connectivity index (χ0n) is 18.2. The van der Waals surface area contributed by atoms with E-state index < -0.39 is 6.36 Å². The normalized spacial score (nSPS) is 16.4. The van der Waals surface area contributed by atoms with Gasteiger partial charge in [-0.15, -0.1) is 13.2 Å². The maximum Gasteiger partial charge on any atom is 0.573 e. The number of carbonyl (C=O) groups excluding carboxylic acids is 1. The molecule has 33 heavy (non-hydrogen) atoms. The third kappa shape index (κ3) is 5.66. The maximum atomic E-state index is 13.2. The predicted molar refractivity (Wildman–Crippen MR) is 118 cm³/mol. The number of carbonyl (C=O) groups is 1. The fourth-order valence-electron chi connectivity index (χ4n) is 4.04. The van der Waals surface area contributed by atoms with Gasteiger partial charge in [0.05, 0.1) is 17.1 Å². The average molecular weight is 458 g/mol. The minimum absolute atomic E-state index is 0.0606. The van der Waals surface area contributed by atoms with Crippen molar-refractivity contribution in [1.82, 2.24) is 20.2 Å². The molecule has 0 saturated carbocycles. The topological polar surface area (TPSA) is 70.2 Å². The van der Waals surface area contributed by atoms with Gasteiger partial charge in [0.15, 0.2) is 5.82 Å². The first-order valence-corrected chi connectivity index (χ1v) is 10.9. The van der Waals surface area contributed by atoms with E-state index in [1.54, 1.807) is 12.1 Å². The summed E-state index contributed by atoms with van der Waals surface area (Å²) in [6, 6.07) is 13.3. The van der Waals surface area contributed by atoms with Crippen LogP contribution in [0.15, 0.2) is 60.3 Å². The van der Waals surface area contributed by atoms with Gasteiger partial charge in [-0.3, -0.25) is 4.79 Å². The second kappa shape index (κ2) is 9.56. The van der Waals surface area contributed by atoms with Gasteiger partial charge >= 0.3 is 6.36 Å². The van der Waals surface area contributed by atoms with Crippen molar-refractivity contribution in [2.45, 2.75) is 45.1 Å². The van der Waals surface area contributed by atoms with Gasteiger partial charge in [-0.1, -0.05) is 24.3 Å². The van der Waals surface area contributed by atoms with Crippen molar-refractivity contribution < 1.29 is 22.7 Å². The van der Waals surface area contributed by atoms with Gasteiger partial charge in [0.25, 0.3) is 5.91 Å². The Balaban J connectivity index is 1.41. The van der Waals surface area contributed by atoms with E-state index in [2.05, 4.69) is 26.1 Å². The Bertz CT molecular complexity index is 1110. The summed E-state index contributed by atoms with van der Waals surface area (Å²) in [5.74, 6) is -0.0602. The number of aromatic amines is 1. The van der Waals surface area contributed by atoms with Crippen molar-refractivity contribution in [3.05, 3.63) is 71.7 Å². The molecule has 0 radical (unpaired) electrons. The quantitative estimate of drug-likeness (QED) is 0.514. The van der Waals surface area contributed by atoms with Crippen molar-refractivity contribution in [3.8, 4) is 5.75 Å². The second-order valence-corrected chi connectivity index (χ2v) is 7.89. The fourth-order valence-corrected chi connectivity index (χ4v) is 4.04. The molecule has 1 aromatic heterocycles. The Kier molecular flexibility index (Phi) is 6.57. The Morgan fingerprint density at radius 3 is 2.67 bits per heavy atom. The number of fused-ring (bicyclic) bond motifs is 1. The van der Waals surface area contributed by atoms with Crippen LogP contribution in [0.5, 0.6) is 5.75 Å². The molecule has 1 atom stereocenters. The molecule has 174 valence electrons. The van der Waals surface area contributed by atoms with Gasteiger partial charge in [-0.25, -0.2) is 4.98 Å². The molecule has 2 N–H and O–H groups in total. The standard InChI is InChI=1S/C24H25F3N4O2/c1-2-31(23(32)22-29-20-8-3-4-9-21(20)30-22)18-7-5-6-17(14-18)28-15-16-10-12-19(13-11-16)33-24(25,26)27/h3-4,8-14,18,28H,2,5-7,15H2,1H3,(H,29,30)/t18-/m0/s1. The number of H-pyrrole nitrogens is 1. The van der Waals surface area contributed by atoms with Gasteiger partial charge < -0.3 is 19.9 Å². The monoisotopic (exact) mass is 458 g/mol. The van der Waals surface area contributed by atoms with E-state index in [-0.39, 0.29) is 17.7 Å². The molecule has 6 nitrogen and oxygen atoms in total. The number of likely N-dealkylation sites (N-methyl/N-ethyl adjacent to an activating group) is 1. The summed E-state index contributed by atoms with van der Waals surface area (Å²) >= 11 is 0. The molecule has 0 unspecified atom stereocenters. The van der Waals surface area contributed by atoms with E-state index in [9.17, 15) is 18.0 Å². The van der Waals surface area contributed by atoms with Crippen LogP contribution in [0.4, 0.5) is 13.2 Å². The van der Waals surface area contributed by atoms with Gasteiger partial charge in [-0.05, 0) is 62.1 Å². The minimum atomic E-state index is -4.70. The van der Waals surface area contributed by atoms with E-state index in [1.165, 1.54) is 12.1 Å². The molecular formula is C24H25F3N4O2. The van der Waals surface area contributed by atoms with E-state index in [0.717, 1.165) is 41.6 Å². The lowest BCUT2D eigenvalue weighted by molar-refractivity contribution is -0.274. The highest BCUT2D eigenvalue weighted by atomic mass is 19.4. The number of allylic oxidation sites excluding steroid dienone is 1. The van der Waals surface area contributed by atoms with Gasteiger partial charge in [0.1, 0.15) is 5.75 Å². The van der Waals surface area contributed by atoms with E-state index in [0.29, 0.717) is 18.9 Å². The summed E-state index contributed by atoms with van der Waals surface area (Å²) in [6.45, 7) is 2.96. The lowest BCUT2D eigenvalue weighted by Crippen LogP contribution is -2.41. The van der Waals surface area contributed by atoms with Crippen LogP contribution in [0.1, 0.15) is 42.4 Å². The molecule has 0 spiro atoms. The number of nitrogens with one attached hydrogen (secondary N) is 2. The number of alkyl halides is 3. The summed E-state index contributed by atoms with van der Waals surface area (Å²) in [5, 5.41) is 3.35. The van der Waals surface area contributed by atoms with Crippen molar-refractivity contribution in [3.63, 3.8) is 0 Å². The van der Waals surface area contributed by atoms with Crippen LogP contribution in [0, 0.1) is 0 Å². The lowest BCUT2D eigenvalue weighted by Gasteiger charge is -2.32. The van der Waals surface area contributed by atoms with Crippen LogP contribution >= 0.6 is 0 Å². The van der Waals surface area contributed by atoms with Crippen molar-refractivity contribution in [2.75, 3.05) is 6.54 Å². The number of amides is 1. The summed E-state index contributed by atoms with van der Waals surface area (Å²) < 4.78 is 40.8. The molecule has 0 saturated heterocycles. The Morgan fingerprint density at radius 1 is 1.21 bits per heavy atom. The highest BCUT2D eigenvalue weighted by Crippen LogP contribution is 2.24. The number of hydrogen-bond donors (Lipinski definition) is 2. The van der Waals surface area contributed by atoms with Crippen LogP contribution < -0.4 is 10.1 Å². The van der Waals surface area contributed by atoms with Crippen LogP contribution in [0.25, 0.3) is 11.0 Å². The minimum Gasteiger partial charge on any atom is -0.406 e. The first-order chi connectivity index (χ1) is 15.8. The molecule has 9 heteroatoms. The van der Waals surface area contributed by atoms with Crippen LogP contribution in [-0.2, 0) is 6.54 Å². The zero-order chi connectivity index (χ0) is 23.4. The van der Waals surface area contributed by atoms with Crippen LogP contribution in [0.2, 0.25) is 0 Å². The van der Waals surface area contributed by atoms with Gasteiger partial charge in [0.2, 0.25) is 0 Å². The Morgan fingerprint density at radius 2 is 1.97 bits per heavy atom. The maximum absolute atomic E-state index is 13.2. The highest BCUT2D eigenvalue weighted by molar-refractivity contribution is 5.94. The number of imidazole rings is 1. The summed E-state index contributed by atoms with van der Waals surface area (Å²) in [6.07, 6.45) is -0.0102. The van der Waals surface area contributed by atoms with Gasteiger partial charge in [-0.2, -0.15) is 0 Å². The second-order valence-electron chi connectivity index (χ2n) is 7.89. The molecule has 1 heterocycles. The predicted octanol–water partition coefficient (Wildman–Crippen LogP) is 5.15.